The van der Waals surface area contributed by atoms with Gasteiger partial charge in [-0.05, 0) is 31.2 Å². The number of hydrogen-bond acceptors (Lipinski definition) is 4. The third-order valence-electron chi connectivity index (χ3n) is 2.80. The van der Waals surface area contributed by atoms with E-state index in [2.05, 4.69) is 6.07 Å². The van der Waals surface area contributed by atoms with Gasteiger partial charge in [0, 0.05) is 5.56 Å². The predicted molar refractivity (Wildman–Crippen MR) is 63.2 cm³/mol. The molecule has 1 aliphatic heterocycles. The quantitative estimate of drug-likeness (QED) is 0.810. The monoisotopic (exact) mass is 241 g/mol. The molecule has 3 rings (SSSR count). The van der Waals surface area contributed by atoms with Crippen molar-refractivity contribution >= 4 is 0 Å². The average molecular weight is 241 g/mol. The molecule has 2 heterocycles. The molecule has 0 saturated carbocycles. The standard InChI is InChI=1S/C14H11NO3/c1-9-16-14(17-9)13-7-6-12(18-13)11-5-3-2-4-10(11)8-15/h2-7,9,14H,1H3. The Kier molecular flexibility index (Phi) is 2.63. The van der Waals surface area contributed by atoms with Gasteiger partial charge in [0.2, 0.25) is 6.29 Å². The Morgan fingerprint density at radius 3 is 2.61 bits per heavy atom. The van der Waals surface area contributed by atoms with Gasteiger partial charge in [-0.1, -0.05) is 12.1 Å². The van der Waals surface area contributed by atoms with Crippen LogP contribution in [0.1, 0.15) is 24.5 Å². The molecule has 1 aromatic carbocycles. The summed E-state index contributed by atoms with van der Waals surface area (Å²) in [6.07, 6.45) is -0.613. The van der Waals surface area contributed by atoms with Crippen molar-refractivity contribution in [2.75, 3.05) is 0 Å². The van der Waals surface area contributed by atoms with E-state index in [1.165, 1.54) is 0 Å². The van der Waals surface area contributed by atoms with Crippen molar-refractivity contribution in [2.24, 2.45) is 0 Å². The smallest absolute Gasteiger partial charge is 0.221 e. The Hall–Kier alpha value is -2.09. The van der Waals surface area contributed by atoms with Crippen LogP contribution in [0, 0.1) is 11.3 Å². The molecule has 0 aliphatic carbocycles. The van der Waals surface area contributed by atoms with Gasteiger partial charge in [0.15, 0.2) is 12.1 Å². The van der Waals surface area contributed by atoms with Gasteiger partial charge in [0.05, 0.1) is 11.6 Å². The highest BCUT2D eigenvalue weighted by atomic mass is 16.9. The molecule has 0 amide bonds. The molecule has 0 bridgehead atoms. The molecule has 0 radical (unpaired) electrons. The molecule has 1 saturated heterocycles. The number of ether oxygens (including phenoxy) is 2. The van der Waals surface area contributed by atoms with E-state index in [9.17, 15) is 0 Å². The Morgan fingerprint density at radius 2 is 1.89 bits per heavy atom. The normalized spacial score (nSPS) is 22.2. The largest absolute Gasteiger partial charge is 0.456 e. The van der Waals surface area contributed by atoms with Crippen LogP contribution >= 0.6 is 0 Å². The summed E-state index contributed by atoms with van der Waals surface area (Å²) in [5, 5.41) is 9.05. The van der Waals surface area contributed by atoms with Gasteiger partial charge in [0.25, 0.3) is 0 Å². The molecule has 0 spiro atoms. The van der Waals surface area contributed by atoms with Crippen molar-refractivity contribution in [3.05, 3.63) is 47.7 Å². The summed E-state index contributed by atoms with van der Waals surface area (Å²) < 4.78 is 16.4. The fourth-order valence-electron chi connectivity index (χ4n) is 1.91. The van der Waals surface area contributed by atoms with Crippen molar-refractivity contribution < 1.29 is 13.9 Å². The lowest BCUT2D eigenvalue weighted by atomic mass is 10.1. The first-order chi connectivity index (χ1) is 8.78. The zero-order valence-corrected chi connectivity index (χ0v) is 9.79. The van der Waals surface area contributed by atoms with E-state index in [1.54, 1.807) is 12.1 Å². The van der Waals surface area contributed by atoms with Crippen LogP contribution in [0.3, 0.4) is 0 Å². The zero-order valence-electron chi connectivity index (χ0n) is 9.79. The lowest BCUT2D eigenvalue weighted by Crippen LogP contribution is -2.31. The zero-order chi connectivity index (χ0) is 12.5. The molecule has 1 aromatic heterocycles. The number of rotatable bonds is 2. The highest BCUT2D eigenvalue weighted by molar-refractivity contribution is 5.66. The van der Waals surface area contributed by atoms with E-state index < -0.39 is 6.29 Å². The molecule has 4 nitrogen and oxygen atoms in total. The summed E-state index contributed by atoms with van der Waals surface area (Å²) in [6.45, 7) is 1.82. The summed E-state index contributed by atoms with van der Waals surface area (Å²) >= 11 is 0. The van der Waals surface area contributed by atoms with Crippen molar-refractivity contribution in [3.63, 3.8) is 0 Å². The van der Waals surface area contributed by atoms with Crippen molar-refractivity contribution in [3.8, 4) is 17.4 Å². The van der Waals surface area contributed by atoms with Gasteiger partial charge in [0.1, 0.15) is 5.76 Å². The minimum absolute atomic E-state index is 0.185. The molecule has 18 heavy (non-hydrogen) atoms. The van der Waals surface area contributed by atoms with Crippen LogP contribution in [0.4, 0.5) is 0 Å². The van der Waals surface area contributed by atoms with Gasteiger partial charge in [-0.3, -0.25) is 0 Å². The summed E-state index contributed by atoms with van der Waals surface area (Å²) in [4.78, 5) is 0. The summed E-state index contributed by atoms with van der Waals surface area (Å²) in [7, 11) is 0. The predicted octanol–water partition coefficient (Wildman–Crippen LogP) is 3.21. The maximum Gasteiger partial charge on any atom is 0.221 e. The van der Waals surface area contributed by atoms with Gasteiger partial charge >= 0.3 is 0 Å². The Balaban J connectivity index is 1.91. The molecular weight excluding hydrogens is 230 g/mol. The number of nitriles is 1. The summed E-state index contributed by atoms with van der Waals surface area (Å²) in [6, 6.07) is 13.1. The minimum Gasteiger partial charge on any atom is -0.456 e. The lowest BCUT2D eigenvalue weighted by Gasteiger charge is -2.31. The fourth-order valence-corrected chi connectivity index (χ4v) is 1.91. The molecular formula is C14H11NO3. The van der Waals surface area contributed by atoms with E-state index in [-0.39, 0.29) is 6.29 Å². The molecule has 0 N–H and O–H groups in total. The molecule has 4 heteroatoms. The second-order valence-electron chi connectivity index (χ2n) is 4.03. The van der Waals surface area contributed by atoms with Gasteiger partial charge in [-0.15, -0.1) is 0 Å². The maximum absolute atomic E-state index is 9.05. The minimum atomic E-state index is -0.428. The number of hydrogen-bond donors (Lipinski definition) is 0. The SMILES string of the molecule is CC1OC(c2ccc(-c3ccccc3C#N)o2)O1. The van der Waals surface area contributed by atoms with Crippen LogP contribution in [0.25, 0.3) is 11.3 Å². The highest BCUT2D eigenvalue weighted by Gasteiger charge is 2.31. The number of furan rings is 1. The second-order valence-corrected chi connectivity index (χ2v) is 4.03. The first-order valence-electron chi connectivity index (χ1n) is 5.68. The lowest BCUT2D eigenvalue weighted by molar-refractivity contribution is -0.387. The molecule has 0 atom stereocenters. The van der Waals surface area contributed by atoms with Crippen LogP contribution in [0.2, 0.25) is 0 Å². The maximum atomic E-state index is 9.05. The molecule has 0 unspecified atom stereocenters. The summed E-state index contributed by atoms with van der Waals surface area (Å²) in [5.74, 6) is 1.27. The van der Waals surface area contributed by atoms with E-state index in [0.717, 1.165) is 5.56 Å². The molecule has 1 aliphatic rings. The second kappa shape index (κ2) is 4.30. The van der Waals surface area contributed by atoms with Gasteiger partial charge in [-0.2, -0.15) is 5.26 Å². The number of benzene rings is 1. The highest BCUT2D eigenvalue weighted by Crippen LogP contribution is 2.35. The Labute approximate surface area is 104 Å². The average Bonchev–Trinajstić information content (AvgIpc) is 2.84. The first kappa shape index (κ1) is 11.0. The first-order valence-corrected chi connectivity index (χ1v) is 5.68. The third kappa shape index (κ3) is 1.80. The van der Waals surface area contributed by atoms with Crippen molar-refractivity contribution in [1.29, 1.82) is 5.26 Å². The fraction of sp³-hybridized carbons (Fsp3) is 0.214. The Morgan fingerprint density at radius 1 is 1.11 bits per heavy atom. The van der Waals surface area contributed by atoms with E-state index >= 15 is 0 Å². The van der Waals surface area contributed by atoms with E-state index in [4.69, 9.17) is 19.2 Å². The molecule has 1 fully saturated rings. The van der Waals surface area contributed by atoms with Crippen LogP contribution < -0.4 is 0 Å². The van der Waals surface area contributed by atoms with E-state index in [1.807, 2.05) is 31.2 Å². The van der Waals surface area contributed by atoms with Crippen molar-refractivity contribution in [2.45, 2.75) is 19.5 Å². The summed E-state index contributed by atoms with van der Waals surface area (Å²) in [5.41, 5.74) is 1.36. The molecule has 2 aromatic rings. The Bertz CT molecular complexity index is 605. The van der Waals surface area contributed by atoms with Crippen LogP contribution in [0.15, 0.2) is 40.8 Å². The third-order valence-corrected chi connectivity index (χ3v) is 2.80. The van der Waals surface area contributed by atoms with Crippen molar-refractivity contribution in [1.82, 2.24) is 0 Å². The molecule has 90 valence electrons. The van der Waals surface area contributed by atoms with Gasteiger partial charge < -0.3 is 13.9 Å². The number of nitrogens with zero attached hydrogens (tertiary/aromatic N) is 1. The van der Waals surface area contributed by atoms with Crippen LogP contribution in [0.5, 0.6) is 0 Å². The topological polar surface area (TPSA) is 55.4 Å². The van der Waals surface area contributed by atoms with Crippen LogP contribution in [-0.2, 0) is 9.47 Å². The van der Waals surface area contributed by atoms with Gasteiger partial charge in [-0.25, -0.2) is 0 Å². The van der Waals surface area contributed by atoms with Crippen LogP contribution in [-0.4, -0.2) is 6.29 Å². The van der Waals surface area contributed by atoms with E-state index in [0.29, 0.717) is 17.1 Å².